The van der Waals surface area contributed by atoms with Crippen molar-refractivity contribution in [3.63, 3.8) is 0 Å². The van der Waals surface area contributed by atoms with Gasteiger partial charge in [0.1, 0.15) is 18.0 Å². The maximum Gasteiger partial charge on any atom is 0.181 e. The minimum absolute atomic E-state index is 0.645. The zero-order valence-electron chi connectivity index (χ0n) is 20.1. The van der Waals surface area contributed by atoms with Crippen LogP contribution in [-0.2, 0) is 0 Å². The lowest BCUT2D eigenvalue weighted by Crippen LogP contribution is -2.25. The van der Waals surface area contributed by atoms with Crippen molar-refractivity contribution in [3.8, 4) is 39.4 Å². The molecule has 0 aromatic carbocycles. The minimum atomic E-state index is 0.645. The number of furan rings is 1. The maximum atomic E-state index is 6.01. The van der Waals surface area contributed by atoms with Gasteiger partial charge in [-0.2, -0.15) is 5.10 Å². The average Bonchev–Trinajstić information content (AvgIpc) is 3.74. The lowest BCUT2D eigenvalue weighted by atomic mass is 10.1. The Morgan fingerprint density at radius 3 is 2.76 bits per heavy atom. The van der Waals surface area contributed by atoms with Crippen LogP contribution < -0.4 is 4.74 Å². The zero-order valence-corrected chi connectivity index (χ0v) is 20.1. The zero-order chi connectivity index (χ0) is 24.6. The molecular formula is C28H25N7O2. The van der Waals surface area contributed by atoms with Gasteiger partial charge in [0.15, 0.2) is 5.65 Å². The first-order valence-corrected chi connectivity index (χ1v) is 12.5. The molecule has 0 aliphatic carbocycles. The highest BCUT2D eigenvalue weighted by atomic mass is 16.5. The number of H-pyrrole nitrogens is 2. The molecule has 2 N–H and O–H groups in total. The SMILES string of the molecule is c1cc(-c2ccoc2)c2cc(-c3[nH]nc4ncc(-c5cncc(OCCN6CCCC6)c5)cc34)[nH]c2n1. The molecule has 0 radical (unpaired) electrons. The maximum absolute atomic E-state index is 6.01. The van der Waals surface area contributed by atoms with E-state index in [1.807, 2.05) is 30.6 Å². The topological polar surface area (TPSA) is 109 Å². The molecule has 7 rings (SSSR count). The van der Waals surface area contributed by atoms with Crippen LogP contribution in [0.4, 0.5) is 0 Å². The molecule has 7 heterocycles. The predicted molar refractivity (Wildman–Crippen MR) is 141 cm³/mol. The minimum Gasteiger partial charge on any atom is -0.491 e. The van der Waals surface area contributed by atoms with Crippen LogP contribution in [0.5, 0.6) is 5.75 Å². The Morgan fingerprint density at radius 1 is 0.946 bits per heavy atom. The third-order valence-electron chi connectivity index (χ3n) is 6.96. The molecule has 0 atom stereocenters. The summed E-state index contributed by atoms with van der Waals surface area (Å²) in [7, 11) is 0. The predicted octanol–water partition coefficient (Wildman–Crippen LogP) is 5.30. The fourth-order valence-electron chi connectivity index (χ4n) is 5.05. The van der Waals surface area contributed by atoms with Gasteiger partial charge in [-0.05, 0) is 61.8 Å². The van der Waals surface area contributed by atoms with Gasteiger partial charge >= 0.3 is 0 Å². The van der Waals surface area contributed by atoms with Crippen LogP contribution in [0.25, 0.3) is 55.7 Å². The highest BCUT2D eigenvalue weighted by Gasteiger charge is 2.16. The van der Waals surface area contributed by atoms with Gasteiger partial charge in [-0.3, -0.25) is 15.0 Å². The van der Waals surface area contributed by atoms with E-state index in [4.69, 9.17) is 9.15 Å². The molecule has 0 amide bonds. The van der Waals surface area contributed by atoms with Gasteiger partial charge in [-0.1, -0.05) is 0 Å². The normalized spacial score (nSPS) is 14.2. The fraction of sp³-hybridized carbons (Fsp3) is 0.214. The van der Waals surface area contributed by atoms with Gasteiger partial charge in [0.25, 0.3) is 0 Å². The fourth-order valence-corrected chi connectivity index (χ4v) is 5.05. The lowest BCUT2D eigenvalue weighted by Gasteiger charge is -2.15. The molecule has 9 nitrogen and oxygen atoms in total. The third-order valence-corrected chi connectivity index (χ3v) is 6.96. The number of ether oxygens (including phenoxy) is 1. The summed E-state index contributed by atoms with van der Waals surface area (Å²) in [6.07, 6.45) is 13.2. The highest BCUT2D eigenvalue weighted by Crippen LogP contribution is 2.34. The summed E-state index contributed by atoms with van der Waals surface area (Å²) in [6, 6.07) is 10.1. The number of fused-ring (bicyclic) bond motifs is 2. The summed E-state index contributed by atoms with van der Waals surface area (Å²) >= 11 is 0. The summed E-state index contributed by atoms with van der Waals surface area (Å²) in [4.78, 5) is 19.4. The number of aromatic nitrogens is 6. The molecule has 37 heavy (non-hydrogen) atoms. The van der Waals surface area contributed by atoms with Crippen LogP contribution in [0, 0.1) is 0 Å². The molecule has 0 spiro atoms. The smallest absolute Gasteiger partial charge is 0.181 e. The van der Waals surface area contributed by atoms with E-state index in [1.165, 1.54) is 12.8 Å². The van der Waals surface area contributed by atoms with E-state index in [0.29, 0.717) is 12.3 Å². The molecule has 9 heteroatoms. The Labute approximate surface area is 212 Å². The van der Waals surface area contributed by atoms with E-state index in [9.17, 15) is 0 Å². The van der Waals surface area contributed by atoms with E-state index in [0.717, 1.165) is 75.4 Å². The lowest BCUT2D eigenvalue weighted by molar-refractivity contribution is 0.237. The Hall–Kier alpha value is -4.50. The summed E-state index contributed by atoms with van der Waals surface area (Å²) in [5, 5.41) is 9.51. The van der Waals surface area contributed by atoms with Crippen molar-refractivity contribution >= 4 is 22.1 Å². The van der Waals surface area contributed by atoms with Gasteiger partial charge in [0.2, 0.25) is 0 Å². The van der Waals surface area contributed by atoms with Crippen LogP contribution in [-0.4, -0.2) is 61.3 Å². The Kier molecular flexibility index (Phi) is 5.40. The van der Waals surface area contributed by atoms with Crippen molar-refractivity contribution in [1.29, 1.82) is 0 Å². The van der Waals surface area contributed by atoms with Crippen LogP contribution >= 0.6 is 0 Å². The quantitative estimate of drug-likeness (QED) is 0.312. The van der Waals surface area contributed by atoms with Crippen LogP contribution in [0.1, 0.15) is 12.8 Å². The number of aromatic amines is 2. The molecule has 6 aromatic heterocycles. The summed E-state index contributed by atoms with van der Waals surface area (Å²) in [5.41, 5.74) is 7.13. The Morgan fingerprint density at radius 2 is 1.86 bits per heavy atom. The first-order valence-electron chi connectivity index (χ1n) is 12.5. The van der Waals surface area contributed by atoms with E-state index >= 15 is 0 Å². The number of hydrogen-bond acceptors (Lipinski definition) is 7. The van der Waals surface area contributed by atoms with Gasteiger partial charge in [-0.25, -0.2) is 9.97 Å². The Balaban J connectivity index is 1.20. The number of pyridine rings is 3. The summed E-state index contributed by atoms with van der Waals surface area (Å²) in [5.74, 6) is 0.762. The molecule has 6 aromatic rings. The number of hydrogen-bond donors (Lipinski definition) is 2. The summed E-state index contributed by atoms with van der Waals surface area (Å²) < 4.78 is 11.3. The van der Waals surface area contributed by atoms with Gasteiger partial charge in [0, 0.05) is 52.6 Å². The number of likely N-dealkylation sites (tertiary alicyclic amines) is 1. The van der Waals surface area contributed by atoms with Crippen LogP contribution in [0.15, 0.2) is 72.1 Å². The van der Waals surface area contributed by atoms with Crippen molar-refractivity contribution in [3.05, 3.63) is 67.6 Å². The van der Waals surface area contributed by atoms with Crippen molar-refractivity contribution < 1.29 is 9.15 Å². The van der Waals surface area contributed by atoms with Crippen molar-refractivity contribution in [1.82, 2.24) is 35.0 Å². The van der Waals surface area contributed by atoms with Gasteiger partial charge < -0.3 is 14.1 Å². The second-order valence-corrected chi connectivity index (χ2v) is 9.32. The van der Waals surface area contributed by atoms with Crippen LogP contribution in [0.2, 0.25) is 0 Å². The second kappa shape index (κ2) is 9.18. The van der Waals surface area contributed by atoms with Gasteiger partial charge in [-0.15, -0.1) is 0 Å². The molecule has 1 aliphatic rings. The van der Waals surface area contributed by atoms with Gasteiger partial charge in [0.05, 0.1) is 30.1 Å². The molecule has 0 bridgehead atoms. The Bertz CT molecular complexity index is 1680. The number of rotatable bonds is 7. The average molecular weight is 492 g/mol. The first kappa shape index (κ1) is 21.8. The standard InChI is InChI=1S/C28H25N7O2/c1-2-7-35(6-1)8-10-37-21-11-19(14-29-16-21)20-12-24-26(33-34-28(24)31-15-20)25-13-23-22(18-4-9-36-17-18)3-5-30-27(23)32-25/h3-5,9,11-17H,1-2,6-8,10H2,(H,30,32)(H,31,33,34). The molecule has 1 fully saturated rings. The first-order chi connectivity index (χ1) is 18.3. The molecular weight excluding hydrogens is 466 g/mol. The van der Waals surface area contributed by atoms with Crippen molar-refractivity contribution in [2.75, 3.05) is 26.2 Å². The largest absolute Gasteiger partial charge is 0.491 e. The molecule has 1 saturated heterocycles. The highest BCUT2D eigenvalue weighted by molar-refractivity contribution is 5.99. The van der Waals surface area contributed by atoms with E-state index in [-0.39, 0.29) is 0 Å². The molecule has 184 valence electrons. The number of nitrogens with zero attached hydrogens (tertiary/aromatic N) is 5. The molecule has 1 aliphatic heterocycles. The third kappa shape index (κ3) is 4.13. The molecule has 0 saturated carbocycles. The van der Waals surface area contributed by atoms with E-state index in [2.05, 4.69) is 47.2 Å². The van der Waals surface area contributed by atoms with E-state index in [1.54, 1.807) is 24.9 Å². The van der Waals surface area contributed by atoms with Crippen molar-refractivity contribution in [2.45, 2.75) is 12.8 Å². The van der Waals surface area contributed by atoms with Crippen molar-refractivity contribution in [2.24, 2.45) is 0 Å². The van der Waals surface area contributed by atoms with E-state index < -0.39 is 0 Å². The summed E-state index contributed by atoms with van der Waals surface area (Å²) in [6.45, 7) is 3.93. The second-order valence-electron chi connectivity index (χ2n) is 9.32. The molecule has 0 unspecified atom stereocenters. The number of nitrogens with one attached hydrogen (secondary N) is 2. The monoisotopic (exact) mass is 491 g/mol. The van der Waals surface area contributed by atoms with Crippen LogP contribution in [0.3, 0.4) is 0 Å².